The third-order valence-corrected chi connectivity index (χ3v) is 2.41. The normalized spacial score (nSPS) is 29.1. The second-order valence-corrected chi connectivity index (χ2v) is 3.62. The maximum atomic E-state index is 11.9. The molecule has 1 aliphatic rings. The van der Waals surface area contributed by atoms with E-state index in [1.54, 1.807) is 0 Å². The van der Waals surface area contributed by atoms with Gasteiger partial charge in [0.1, 0.15) is 0 Å². The highest BCUT2D eigenvalue weighted by molar-refractivity contribution is 4.77. The van der Waals surface area contributed by atoms with Crippen molar-refractivity contribution in [3.8, 4) is 0 Å². The van der Waals surface area contributed by atoms with Crippen molar-refractivity contribution in [3.05, 3.63) is 0 Å². The summed E-state index contributed by atoms with van der Waals surface area (Å²) < 4.78 is 41.1. The van der Waals surface area contributed by atoms with Gasteiger partial charge in [-0.1, -0.05) is 6.92 Å². The zero-order chi connectivity index (χ0) is 10.6. The first kappa shape index (κ1) is 11.8. The predicted molar refractivity (Wildman–Crippen MR) is 47.1 cm³/mol. The Bertz CT molecular complexity index is 172. The molecule has 0 aromatic carbocycles. The first-order valence-electron chi connectivity index (χ1n) is 4.93. The van der Waals surface area contributed by atoms with Crippen LogP contribution in [0.3, 0.4) is 0 Å². The van der Waals surface area contributed by atoms with Gasteiger partial charge in [0.15, 0.2) is 0 Å². The molecule has 1 aliphatic heterocycles. The summed E-state index contributed by atoms with van der Waals surface area (Å²) in [6.07, 6.45) is -1.77. The molecule has 0 amide bonds. The molecular weight excluding hydrogens is 195 g/mol. The van der Waals surface area contributed by atoms with Gasteiger partial charge in [-0.2, -0.15) is 13.2 Å². The van der Waals surface area contributed by atoms with Crippen LogP contribution in [0.5, 0.6) is 0 Å². The van der Waals surface area contributed by atoms with E-state index >= 15 is 0 Å². The summed E-state index contributed by atoms with van der Waals surface area (Å²) >= 11 is 0. The van der Waals surface area contributed by atoms with Crippen molar-refractivity contribution in [2.24, 2.45) is 0 Å². The molecule has 0 radical (unpaired) electrons. The smallest absolute Gasteiger partial charge is 0.378 e. The molecule has 2 nitrogen and oxygen atoms in total. The fourth-order valence-corrected chi connectivity index (χ4v) is 1.61. The predicted octanol–water partition coefficient (Wildman–Crippen LogP) is 2.10. The third-order valence-electron chi connectivity index (χ3n) is 2.41. The second kappa shape index (κ2) is 4.98. The summed E-state index contributed by atoms with van der Waals surface area (Å²) in [6, 6.07) is -0.0460. The lowest BCUT2D eigenvalue weighted by Crippen LogP contribution is -2.42. The van der Waals surface area contributed by atoms with E-state index in [1.807, 2.05) is 6.92 Å². The highest BCUT2D eigenvalue weighted by atomic mass is 19.4. The Morgan fingerprint density at radius 3 is 2.71 bits per heavy atom. The molecule has 1 rings (SSSR count). The lowest BCUT2D eigenvalue weighted by Gasteiger charge is -2.29. The highest BCUT2D eigenvalue weighted by Crippen LogP contribution is 2.18. The molecule has 0 saturated carbocycles. The Balaban J connectivity index is 2.24. The average molecular weight is 211 g/mol. The van der Waals surface area contributed by atoms with Crippen molar-refractivity contribution in [2.45, 2.75) is 44.5 Å². The van der Waals surface area contributed by atoms with Gasteiger partial charge in [0, 0.05) is 12.6 Å². The number of hydrogen-bond donors (Lipinski definition) is 1. The molecule has 0 spiro atoms. The number of halogens is 3. The van der Waals surface area contributed by atoms with E-state index < -0.39 is 12.7 Å². The molecule has 0 bridgehead atoms. The Morgan fingerprint density at radius 2 is 2.14 bits per heavy atom. The van der Waals surface area contributed by atoms with Gasteiger partial charge in [0.2, 0.25) is 0 Å². The highest BCUT2D eigenvalue weighted by Gasteiger charge is 2.29. The van der Waals surface area contributed by atoms with E-state index in [2.05, 4.69) is 5.32 Å². The molecule has 1 heterocycles. The van der Waals surface area contributed by atoms with Crippen molar-refractivity contribution in [1.29, 1.82) is 0 Å². The molecule has 0 aromatic heterocycles. The summed E-state index contributed by atoms with van der Waals surface area (Å²) in [4.78, 5) is 0. The fraction of sp³-hybridized carbons (Fsp3) is 1.00. The van der Waals surface area contributed by atoms with Crippen LogP contribution in [0.15, 0.2) is 0 Å². The topological polar surface area (TPSA) is 21.3 Å². The zero-order valence-corrected chi connectivity index (χ0v) is 8.23. The van der Waals surface area contributed by atoms with Crippen LogP contribution >= 0.6 is 0 Å². The van der Waals surface area contributed by atoms with Crippen LogP contribution in [0.25, 0.3) is 0 Å². The molecule has 0 aliphatic carbocycles. The molecule has 1 saturated heterocycles. The van der Waals surface area contributed by atoms with Gasteiger partial charge in [-0.15, -0.1) is 0 Å². The third kappa shape index (κ3) is 4.28. The monoisotopic (exact) mass is 211 g/mol. The van der Waals surface area contributed by atoms with Gasteiger partial charge in [-0.3, -0.25) is 0 Å². The lowest BCUT2D eigenvalue weighted by atomic mass is 10.0. The van der Waals surface area contributed by atoms with Crippen molar-refractivity contribution in [1.82, 2.24) is 5.32 Å². The van der Waals surface area contributed by atoms with Crippen molar-refractivity contribution in [3.63, 3.8) is 0 Å². The Labute approximate surface area is 81.8 Å². The van der Waals surface area contributed by atoms with Crippen LogP contribution in [0.4, 0.5) is 13.2 Å². The number of rotatable bonds is 3. The van der Waals surface area contributed by atoms with Crippen LogP contribution in [0, 0.1) is 0 Å². The standard InChI is InChI=1S/C9H16F3NO/c1-2-8-5-7(3-4-14-8)13-6-9(10,11)12/h7-8,13H,2-6H2,1H3. The van der Waals surface area contributed by atoms with E-state index in [-0.39, 0.29) is 12.1 Å². The van der Waals surface area contributed by atoms with E-state index in [0.717, 1.165) is 6.42 Å². The minimum atomic E-state index is -4.11. The van der Waals surface area contributed by atoms with Gasteiger partial charge in [-0.05, 0) is 19.3 Å². The zero-order valence-electron chi connectivity index (χ0n) is 8.23. The van der Waals surface area contributed by atoms with Crippen LogP contribution < -0.4 is 5.32 Å². The Hall–Kier alpha value is -0.290. The SMILES string of the molecule is CCC1CC(NCC(F)(F)F)CCO1. The Morgan fingerprint density at radius 1 is 1.43 bits per heavy atom. The van der Waals surface area contributed by atoms with E-state index in [1.165, 1.54) is 0 Å². The summed E-state index contributed by atoms with van der Waals surface area (Å²) in [7, 11) is 0. The molecule has 5 heteroatoms. The summed E-state index contributed by atoms with van der Waals surface area (Å²) in [5, 5.41) is 2.52. The van der Waals surface area contributed by atoms with Crippen LogP contribution in [-0.2, 0) is 4.74 Å². The molecule has 1 fully saturated rings. The first-order valence-corrected chi connectivity index (χ1v) is 4.93. The molecule has 1 N–H and O–H groups in total. The lowest BCUT2D eigenvalue weighted by molar-refractivity contribution is -0.128. The van der Waals surface area contributed by atoms with Gasteiger partial charge in [-0.25, -0.2) is 0 Å². The summed E-state index contributed by atoms with van der Waals surface area (Å²) in [6.45, 7) is 1.65. The van der Waals surface area contributed by atoms with Gasteiger partial charge < -0.3 is 10.1 Å². The molecule has 2 atom stereocenters. The number of hydrogen-bond acceptors (Lipinski definition) is 2. The van der Waals surface area contributed by atoms with E-state index in [0.29, 0.717) is 19.4 Å². The van der Waals surface area contributed by atoms with Crippen molar-refractivity contribution >= 4 is 0 Å². The largest absolute Gasteiger partial charge is 0.401 e. The van der Waals surface area contributed by atoms with E-state index in [9.17, 15) is 13.2 Å². The molecular formula is C9H16F3NO. The maximum absolute atomic E-state index is 11.9. The quantitative estimate of drug-likeness (QED) is 0.771. The summed E-state index contributed by atoms with van der Waals surface area (Å²) in [5.74, 6) is 0. The Kier molecular flexibility index (Phi) is 4.19. The number of alkyl halides is 3. The first-order chi connectivity index (χ1) is 6.51. The van der Waals surface area contributed by atoms with Crippen molar-refractivity contribution < 1.29 is 17.9 Å². The maximum Gasteiger partial charge on any atom is 0.401 e. The van der Waals surface area contributed by atoms with Crippen molar-refractivity contribution in [2.75, 3.05) is 13.2 Å². The minimum absolute atomic E-state index is 0.0460. The second-order valence-electron chi connectivity index (χ2n) is 3.62. The molecule has 14 heavy (non-hydrogen) atoms. The summed E-state index contributed by atoms with van der Waals surface area (Å²) in [5.41, 5.74) is 0. The van der Waals surface area contributed by atoms with Crippen LogP contribution in [0.1, 0.15) is 26.2 Å². The van der Waals surface area contributed by atoms with Gasteiger partial charge >= 0.3 is 6.18 Å². The number of ether oxygens (including phenoxy) is 1. The molecule has 2 unspecified atom stereocenters. The average Bonchev–Trinajstić information content (AvgIpc) is 2.14. The number of nitrogens with one attached hydrogen (secondary N) is 1. The fourth-order valence-electron chi connectivity index (χ4n) is 1.61. The van der Waals surface area contributed by atoms with Gasteiger partial charge in [0.25, 0.3) is 0 Å². The van der Waals surface area contributed by atoms with E-state index in [4.69, 9.17) is 4.74 Å². The molecule has 84 valence electrons. The van der Waals surface area contributed by atoms with Gasteiger partial charge in [0.05, 0.1) is 12.6 Å². The molecule has 0 aromatic rings. The van der Waals surface area contributed by atoms with Crippen LogP contribution in [0.2, 0.25) is 0 Å². The van der Waals surface area contributed by atoms with Crippen LogP contribution in [-0.4, -0.2) is 31.5 Å². The minimum Gasteiger partial charge on any atom is -0.378 e.